The maximum Gasteiger partial charge on any atom is 0.308 e. The van der Waals surface area contributed by atoms with Gasteiger partial charge in [-0.05, 0) is 13.0 Å². The van der Waals surface area contributed by atoms with Crippen molar-refractivity contribution in [3.8, 4) is 0 Å². The highest BCUT2D eigenvalue weighted by molar-refractivity contribution is 7.22. The molecule has 6 nitrogen and oxygen atoms in total. The molecule has 0 aliphatic carbocycles. The SMILES string of the molecule is CCOC(=O)CC(O)C(O)c1cccc2sc(N)nc12. The minimum absolute atomic E-state index is 0.236. The third kappa shape index (κ3) is 3.06. The van der Waals surface area contributed by atoms with Crippen LogP contribution in [0.15, 0.2) is 18.2 Å². The average molecular weight is 296 g/mol. The first-order chi connectivity index (χ1) is 9.52. The number of nitrogens with zero attached hydrogens (tertiary/aromatic N) is 1. The van der Waals surface area contributed by atoms with Gasteiger partial charge >= 0.3 is 5.97 Å². The standard InChI is InChI=1S/C13H16N2O4S/c1-2-19-10(17)6-8(16)12(18)7-4-3-5-9-11(7)15-13(14)20-9/h3-5,8,12,16,18H,2,6H2,1H3,(H2,14,15). The highest BCUT2D eigenvalue weighted by Gasteiger charge is 2.24. The second-order valence-corrected chi connectivity index (χ2v) is 5.33. The fraction of sp³-hybridized carbons (Fsp3) is 0.385. The van der Waals surface area contributed by atoms with E-state index < -0.39 is 18.2 Å². The number of nitrogen functional groups attached to an aromatic ring is 1. The Morgan fingerprint density at radius 1 is 1.50 bits per heavy atom. The zero-order chi connectivity index (χ0) is 14.7. The van der Waals surface area contributed by atoms with Crippen molar-refractivity contribution in [2.24, 2.45) is 0 Å². The van der Waals surface area contributed by atoms with E-state index in [4.69, 9.17) is 10.5 Å². The number of fused-ring (bicyclic) bond motifs is 1. The molecule has 1 aromatic carbocycles. The molecule has 0 aliphatic rings. The number of hydrogen-bond donors (Lipinski definition) is 3. The lowest BCUT2D eigenvalue weighted by Gasteiger charge is -2.17. The first kappa shape index (κ1) is 14.7. The number of rotatable bonds is 5. The molecule has 2 aromatic rings. The highest BCUT2D eigenvalue weighted by atomic mass is 32.1. The summed E-state index contributed by atoms with van der Waals surface area (Å²) in [6.07, 6.45) is -2.74. The predicted molar refractivity (Wildman–Crippen MR) is 76.2 cm³/mol. The minimum Gasteiger partial charge on any atom is -0.466 e. The van der Waals surface area contributed by atoms with Crippen LogP contribution in [-0.2, 0) is 9.53 Å². The number of anilines is 1. The van der Waals surface area contributed by atoms with Gasteiger partial charge in [-0.1, -0.05) is 23.5 Å². The largest absolute Gasteiger partial charge is 0.466 e. The Hall–Kier alpha value is -1.70. The van der Waals surface area contributed by atoms with Crippen molar-refractivity contribution in [1.82, 2.24) is 4.98 Å². The first-order valence-electron chi connectivity index (χ1n) is 6.19. The van der Waals surface area contributed by atoms with Crippen LogP contribution in [0.1, 0.15) is 25.0 Å². The Kier molecular flexibility index (Phi) is 4.53. The van der Waals surface area contributed by atoms with Gasteiger partial charge in [0, 0.05) is 5.56 Å². The van der Waals surface area contributed by atoms with Crippen molar-refractivity contribution in [3.63, 3.8) is 0 Å². The third-order valence-corrected chi connectivity index (χ3v) is 3.68. The number of benzene rings is 1. The molecular formula is C13H16N2O4S. The lowest BCUT2D eigenvalue weighted by atomic mass is 10.0. The molecule has 0 fully saturated rings. The number of nitrogens with two attached hydrogens (primary N) is 1. The number of thiazole rings is 1. The van der Waals surface area contributed by atoms with E-state index >= 15 is 0 Å². The molecule has 2 rings (SSSR count). The number of aliphatic hydroxyl groups is 2. The zero-order valence-corrected chi connectivity index (χ0v) is 11.8. The third-order valence-electron chi connectivity index (χ3n) is 2.83. The van der Waals surface area contributed by atoms with Gasteiger partial charge in [-0.15, -0.1) is 0 Å². The number of aromatic nitrogens is 1. The molecule has 2 atom stereocenters. The van der Waals surface area contributed by atoms with E-state index in [1.807, 2.05) is 6.07 Å². The van der Waals surface area contributed by atoms with Crippen LogP contribution >= 0.6 is 11.3 Å². The topological polar surface area (TPSA) is 106 Å². The van der Waals surface area contributed by atoms with E-state index in [2.05, 4.69) is 4.98 Å². The summed E-state index contributed by atoms with van der Waals surface area (Å²) in [6.45, 7) is 1.92. The van der Waals surface area contributed by atoms with Gasteiger partial charge in [-0.3, -0.25) is 4.79 Å². The molecule has 1 aromatic heterocycles. The molecule has 0 spiro atoms. The zero-order valence-electron chi connectivity index (χ0n) is 10.9. The molecule has 4 N–H and O–H groups in total. The van der Waals surface area contributed by atoms with Crippen LogP contribution in [0.5, 0.6) is 0 Å². The average Bonchev–Trinajstić information content (AvgIpc) is 2.77. The summed E-state index contributed by atoms with van der Waals surface area (Å²) in [5, 5.41) is 20.5. The summed E-state index contributed by atoms with van der Waals surface area (Å²) in [6, 6.07) is 5.23. The monoisotopic (exact) mass is 296 g/mol. The summed E-state index contributed by atoms with van der Waals surface area (Å²) >= 11 is 1.30. The van der Waals surface area contributed by atoms with Crippen LogP contribution in [0.4, 0.5) is 5.13 Å². The van der Waals surface area contributed by atoms with Gasteiger partial charge < -0.3 is 20.7 Å². The predicted octanol–water partition coefficient (Wildman–Crippen LogP) is 1.23. The minimum atomic E-state index is -1.25. The maximum absolute atomic E-state index is 11.3. The van der Waals surface area contributed by atoms with Gasteiger partial charge in [-0.2, -0.15) is 0 Å². The summed E-state index contributed by atoms with van der Waals surface area (Å²) in [7, 11) is 0. The van der Waals surface area contributed by atoms with Crippen molar-refractivity contribution in [1.29, 1.82) is 0 Å². The summed E-state index contributed by atoms with van der Waals surface area (Å²) in [5.74, 6) is -0.552. The van der Waals surface area contributed by atoms with Gasteiger partial charge in [0.1, 0.15) is 6.10 Å². The molecule has 2 unspecified atom stereocenters. The molecule has 0 aliphatic heterocycles. The number of ether oxygens (including phenoxy) is 1. The first-order valence-corrected chi connectivity index (χ1v) is 7.01. The Bertz CT molecular complexity index is 613. The van der Waals surface area contributed by atoms with Gasteiger partial charge in [0.15, 0.2) is 5.13 Å². The fourth-order valence-corrected chi connectivity index (χ4v) is 2.70. The van der Waals surface area contributed by atoms with E-state index in [1.54, 1.807) is 19.1 Å². The summed E-state index contributed by atoms with van der Waals surface area (Å²) in [5.41, 5.74) is 6.64. The smallest absolute Gasteiger partial charge is 0.308 e. The van der Waals surface area contributed by atoms with E-state index in [0.29, 0.717) is 16.2 Å². The number of aliphatic hydroxyl groups excluding tert-OH is 2. The fourth-order valence-electron chi connectivity index (χ4n) is 1.94. The Morgan fingerprint density at radius 2 is 2.25 bits per heavy atom. The second-order valence-electron chi connectivity index (χ2n) is 4.27. The van der Waals surface area contributed by atoms with Gasteiger partial charge in [-0.25, -0.2) is 4.98 Å². The van der Waals surface area contributed by atoms with Crippen LogP contribution in [0, 0.1) is 0 Å². The molecular weight excluding hydrogens is 280 g/mol. The normalized spacial score (nSPS) is 14.2. The lowest BCUT2D eigenvalue weighted by molar-refractivity contribution is -0.147. The van der Waals surface area contributed by atoms with Crippen molar-refractivity contribution in [3.05, 3.63) is 23.8 Å². The molecule has 0 saturated heterocycles. The quantitative estimate of drug-likeness (QED) is 0.717. The Morgan fingerprint density at radius 3 is 2.95 bits per heavy atom. The van der Waals surface area contributed by atoms with Crippen LogP contribution in [0.2, 0.25) is 0 Å². The van der Waals surface area contributed by atoms with Crippen LogP contribution in [0.25, 0.3) is 10.2 Å². The van der Waals surface area contributed by atoms with E-state index in [0.717, 1.165) is 4.70 Å². The van der Waals surface area contributed by atoms with Crippen LogP contribution < -0.4 is 5.73 Å². The lowest BCUT2D eigenvalue weighted by Crippen LogP contribution is -2.23. The summed E-state index contributed by atoms with van der Waals surface area (Å²) < 4.78 is 5.57. The summed E-state index contributed by atoms with van der Waals surface area (Å²) in [4.78, 5) is 15.5. The van der Waals surface area contributed by atoms with Crippen LogP contribution in [-0.4, -0.2) is 33.9 Å². The molecule has 108 valence electrons. The molecule has 0 amide bonds. The van der Waals surface area contributed by atoms with Crippen molar-refractivity contribution in [2.45, 2.75) is 25.6 Å². The molecule has 20 heavy (non-hydrogen) atoms. The Balaban J connectivity index is 2.22. The maximum atomic E-state index is 11.3. The second kappa shape index (κ2) is 6.17. The molecule has 0 radical (unpaired) electrons. The molecule has 0 saturated carbocycles. The Labute approximate surface area is 119 Å². The van der Waals surface area contributed by atoms with Gasteiger partial charge in [0.25, 0.3) is 0 Å². The number of carbonyl (C=O) groups is 1. The molecule has 0 bridgehead atoms. The number of para-hydroxylation sites is 1. The van der Waals surface area contributed by atoms with Crippen LogP contribution in [0.3, 0.4) is 0 Å². The highest BCUT2D eigenvalue weighted by Crippen LogP contribution is 2.31. The number of hydrogen-bond acceptors (Lipinski definition) is 7. The molecule has 7 heteroatoms. The van der Waals surface area contributed by atoms with Gasteiger partial charge in [0.05, 0.1) is 29.3 Å². The van der Waals surface area contributed by atoms with E-state index in [9.17, 15) is 15.0 Å². The van der Waals surface area contributed by atoms with E-state index in [-0.39, 0.29) is 13.0 Å². The van der Waals surface area contributed by atoms with Crippen molar-refractivity contribution in [2.75, 3.05) is 12.3 Å². The van der Waals surface area contributed by atoms with E-state index in [1.165, 1.54) is 11.3 Å². The number of carbonyl (C=O) groups excluding carboxylic acids is 1. The van der Waals surface area contributed by atoms with Crippen molar-refractivity contribution < 1.29 is 19.7 Å². The number of esters is 1. The van der Waals surface area contributed by atoms with Gasteiger partial charge in [0.2, 0.25) is 0 Å². The van der Waals surface area contributed by atoms with Crippen molar-refractivity contribution >= 4 is 32.7 Å². The molecule has 1 heterocycles.